The first-order valence-electron chi connectivity index (χ1n) is 5.96. The molecule has 0 aromatic carbocycles. The number of hydrogen-bond acceptors (Lipinski definition) is 4. The molecule has 1 aromatic rings. The van der Waals surface area contributed by atoms with Gasteiger partial charge in [-0.25, -0.2) is 4.79 Å². The molecule has 19 heavy (non-hydrogen) atoms. The lowest BCUT2D eigenvalue weighted by atomic mass is 10.1. The summed E-state index contributed by atoms with van der Waals surface area (Å²) in [5.74, 6) is -0.497. The molecule has 4 nitrogen and oxygen atoms in total. The van der Waals surface area contributed by atoms with Gasteiger partial charge in [0.15, 0.2) is 0 Å². The first kappa shape index (κ1) is 13.9. The molecular weight excluding hydrogens is 263 g/mol. The van der Waals surface area contributed by atoms with Crippen LogP contribution < -0.4 is 0 Å². The lowest BCUT2D eigenvalue weighted by Gasteiger charge is -2.31. The molecule has 2 rings (SSSR count). The standard InChI is InChI=1S/C12H14F3NO3/c13-12(14,15)8-16-4-1-10(2-5-16)19-11(17)9-3-6-18-7-9/h3,6-7,10H,1-2,4-5,8H2. The van der Waals surface area contributed by atoms with Gasteiger partial charge >= 0.3 is 12.1 Å². The lowest BCUT2D eigenvalue weighted by molar-refractivity contribution is -0.150. The van der Waals surface area contributed by atoms with Crippen LogP contribution in [0.1, 0.15) is 23.2 Å². The van der Waals surface area contributed by atoms with E-state index in [0.29, 0.717) is 18.4 Å². The first-order valence-corrected chi connectivity index (χ1v) is 5.96. The van der Waals surface area contributed by atoms with Crippen LogP contribution in [-0.4, -0.2) is 42.8 Å². The number of carbonyl (C=O) groups excluding carboxylic acids is 1. The van der Waals surface area contributed by atoms with Crippen molar-refractivity contribution >= 4 is 5.97 Å². The lowest BCUT2D eigenvalue weighted by Crippen LogP contribution is -2.42. The van der Waals surface area contributed by atoms with Gasteiger partial charge in [-0.3, -0.25) is 4.90 Å². The van der Waals surface area contributed by atoms with Crippen LogP contribution in [0.4, 0.5) is 13.2 Å². The number of esters is 1. The Morgan fingerprint density at radius 1 is 1.42 bits per heavy atom. The average Bonchev–Trinajstić information content (AvgIpc) is 2.83. The van der Waals surface area contributed by atoms with Crippen molar-refractivity contribution in [2.24, 2.45) is 0 Å². The normalized spacial score (nSPS) is 18.5. The van der Waals surface area contributed by atoms with Gasteiger partial charge in [0, 0.05) is 13.1 Å². The van der Waals surface area contributed by atoms with Crippen LogP contribution in [0.3, 0.4) is 0 Å². The fraction of sp³-hybridized carbons (Fsp3) is 0.583. The van der Waals surface area contributed by atoms with E-state index in [4.69, 9.17) is 9.15 Å². The smallest absolute Gasteiger partial charge is 0.401 e. The molecule has 0 atom stereocenters. The zero-order valence-corrected chi connectivity index (χ0v) is 10.2. The maximum Gasteiger partial charge on any atom is 0.401 e. The third kappa shape index (κ3) is 4.27. The molecule has 0 spiro atoms. The minimum atomic E-state index is -4.18. The predicted octanol–water partition coefficient (Wildman–Crippen LogP) is 2.46. The summed E-state index contributed by atoms with van der Waals surface area (Å²) in [7, 11) is 0. The average molecular weight is 277 g/mol. The molecule has 1 saturated heterocycles. The summed E-state index contributed by atoms with van der Waals surface area (Å²) in [6, 6.07) is 1.49. The van der Waals surface area contributed by atoms with Crippen LogP contribution in [0.2, 0.25) is 0 Å². The fourth-order valence-electron chi connectivity index (χ4n) is 2.04. The topological polar surface area (TPSA) is 42.7 Å². The van der Waals surface area contributed by atoms with Crippen LogP contribution in [0, 0.1) is 0 Å². The summed E-state index contributed by atoms with van der Waals surface area (Å²) < 4.78 is 46.6. The van der Waals surface area contributed by atoms with Crippen molar-refractivity contribution < 1.29 is 27.1 Å². The molecule has 106 valence electrons. The van der Waals surface area contributed by atoms with Gasteiger partial charge in [-0.05, 0) is 18.9 Å². The molecular formula is C12H14F3NO3. The van der Waals surface area contributed by atoms with Gasteiger partial charge in [0.1, 0.15) is 12.4 Å². The van der Waals surface area contributed by atoms with E-state index in [0.717, 1.165) is 0 Å². The Hall–Kier alpha value is -1.50. The Bertz CT molecular complexity index is 408. The molecule has 1 aromatic heterocycles. The molecule has 0 aliphatic carbocycles. The van der Waals surface area contributed by atoms with E-state index < -0.39 is 18.7 Å². The van der Waals surface area contributed by atoms with Gasteiger partial charge in [0.2, 0.25) is 0 Å². The zero-order chi connectivity index (χ0) is 13.9. The number of furan rings is 1. The molecule has 0 saturated carbocycles. The second-order valence-electron chi connectivity index (χ2n) is 4.51. The predicted molar refractivity (Wildman–Crippen MR) is 59.6 cm³/mol. The number of piperidine rings is 1. The number of halogens is 3. The van der Waals surface area contributed by atoms with Crippen molar-refractivity contribution in [2.75, 3.05) is 19.6 Å². The summed E-state index contributed by atoms with van der Waals surface area (Å²) in [6.45, 7) is -0.346. The van der Waals surface area contributed by atoms with Crippen molar-refractivity contribution in [1.82, 2.24) is 4.90 Å². The molecule has 1 aliphatic heterocycles. The van der Waals surface area contributed by atoms with Crippen molar-refractivity contribution in [1.29, 1.82) is 0 Å². The summed E-state index contributed by atoms with van der Waals surface area (Å²) in [5, 5.41) is 0. The number of ether oxygens (including phenoxy) is 1. The van der Waals surface area contributed by atoms with Gasteiger partial charge < -0.3 is 9.15 Å². The summed E-state index contributed by atoms with van der Waals surface area (Å²) in [6.07, 6.45) is -1.03. The van der Waals surface area contributed by atoms with Gasteiger partial charge in [-0.2, -0.15) is 13.2 Å². The maximum absolute atomic E-state index is 12.2. The molecule has 0 unspecified atom stereocenters. The molecule has 2 heterocycles. The summed E-state index contributed by atoms with van der Waals surface area (Å²) >= 11 is 0. The molecule has 1 aliphatic rings. The Kier molecular flexibility index (Phi) is 4.14. The Morgan fingerprint density at radius 2 is 2.11 bits per heavy atom. The van der Waals surface area contributed by atoms with Crippen molar-refractivity contribution in [3.05, 3.63) is 24.2 Å². The Morgan fingerprint density at radius 3 is 2.63 bits per heavy atom. The Balaban J connectivity index is 1.76. The molecule has 0 N–H and O–H groups in total. The molecule has 0 amide bonds. The number of rotatable bonds is 3. The Labute approximate surface area is 108 Å². The highest BCUT2D eigenvalue weighted by Crippen LogP contribution is 2.21. The van der Waals surface area contributed by atoms with Gasteiger partial charge in [-0.15, -0.1) is 0 Å². The van der Waals surface area contributed by atoms with E-state index in [2.05, 4.69) is 0 Å². The third-order valence-corrected chi connectivity index (χ3v) is 2.97. The second-order valence-corrected chi connectivity index (χ2v) is 4.51. The third-order valence-electron chi connectivity index (χ3n) is 2.97. The van der Waals surface area contributed by atoms with Crippen LogP contribution in [0.25, 0.3) is 0 Å². The second kappa shape index (κ2) is 5.64. The number of alkyl halides is 3. The maximum atomic E-state index is 12.2. The molecule has 0 radical (unpaired) electrons. The van der Waals surface area contributed by atoms with E-state index in [1.165, 1.54) is 23.5 Å². The minimum Gasteiger partial charge on any atom is -0.472 e. The number of hydrogen-bond donors (Lipinski definition) is 0. The van der Waals surface area contributed by atoms with Gasteiger partial charge in [0.05, 0.1) is 18.4 Å². The largest absolute Gasteiger partial charge is 0.472 e. The highest BCUT2D eigenvalue weighted by molar-refractivity contribution is 5.88. The highest BCUT2D eigenvalue weighted by atomic mass is 19.4. The van der Waals surface area contributed by atoms with E-state index in [9.17, 15) is 18.0 Å². The number of carbonyl (C=O) groups is 1. The van der Waals surface area contributed by atoms with Crippen LogP contribution in [-0.2, 0) is 4.74 Å². The van der Waals surface area contributed by atoms with Gasteiger partial charge in [0.25, 0.3) is 0 Å². The van der Waals surface area contributed by atoms with Crippen LogP contribution in [0.5, 0.6) is 0 Å². The molecule has 7 heteroatoms. The van der Waals surface area contributed by atoms with Crippen LogP contribution in [0.15, 0.2) is 23.0 Å². The monoisotopic (exact) mass is 277 g/mol. The van der Waals surface area contributed by atoms with E-state index in [1.54, 1.807) is 0 Å². The van der Waals surface area contributed by atoms with Crippen molar-refractivity contribution in [2.45, 2.75) is 25.1 Å². The van der Waals surface area contributed by atoms with Crippen LogP contribution >= 0.6 is 0 Å². The van der Waals surface area contributed by atoms with E-state index >= 15 is 0 Å². The van der Waals surface area contributed by atoms with Gasteiger partial charge in [-0.1, -0.05) is 0 Å². The summed E-state index contributed by atoms with van der Waals surface area (Å²) in [5.41, 5.74) is 0.317. The van der Waals surface area contributed by atoms with E-state index in [-0.39, 0.29) is 19.2 Å². The number of nitrogens with zero attached hydrogens (tertiary/aromatic N) is 1. The number of likely N-dealkylation sites (tertiary alicyclic amines) is 1. The highest BCUT2D eigenvalue weighted by Gasteiger charge is 2.33. The SMILES string of the molecule is O=C(OC1CCN(CC(F)(F)F)CC1)c1ccoc1. The minimum absolute atomic E-state index is 0.281. The fourth-order valence-corrected chi connectivity index (χ4v) is 2.04. The molecule has 0 bridgehead atoms. The summed E-state index contributed by atoms with van der Waals surface area (Å²) in [4.78, 5) is 12.9. The first-order chi connectivity index (χ1) is 8.94. The zero-order valence-electron chi connectivity index (χ0n) is 10.2. The van der Waals surface area contributed by atoms with E-state index in [1.807, 2.05) is 0 Å². The van der Waals surface area contributed by atoms with Crippen molar-refractivity contribution in [3.63, 3.8) is 0 Å². The quantitative estimate of drug-likeness (QED) is 0.796. The van der Waals surface area contributed by atoms with Crippen molar-refractivity contribution in [3.8, 4) is 0 Å². The molecule has 1 fully saturated rings.